The van der Waals surface area contributed by atoms with Gasteiger partial charge in [0.05, 0.1) is 27.9 Å². The van der Waals surface area contributed by atoms with Crippen molar-refractivity contribution in [3.8, 4) is 11.5 Å². The molecule has 1 aliphatic heterocycles. The molecule has 34 heavy (non-hydrogen) atoms. The molecule has 0 spiro atoms. The van der Waals surface area contributed by atoms with Crippen LogP contribution in [0.4, 0.5) is 10.5 Å². The first-order valence-corrected chi connectivity index (χ1v) is 11.3. The molecule has 3 aromatic rings. The highest BCUT2D eigenvalue weighted by molar-refractivity contribution is 6.42. The van der Waals surface area contributed by atoms with E-state index in [4.69, 9.17) is 55.9 Å². The molecule has 0 atom stereocenters. The number of benzene rings is 3. The summed E-state index contributed by atoms with van der Waals surface area (Å²) in [7, 11) is 1.47. The molecule has 1 aliphatic rings. The molecule has 0 aliphatic carbocycles. The third kappa shape index (κ3) is 5.10. The van der Waals surface area contributed by atoms with Crippen molar-refractivity contribution in [1.29, 1.82) is 0 Å². The molecule has 1 saturated heterocycles. The fourth-order valence-corrected chi connectivity index (χ4v) is 3.99. The smallest absolute Gasteiger partial charge is 0.333 e. The number of ether oxygens (including phenoxy) is 2. The van der Waals surface area contributed by atoms with E-state index in [1.807, 2.05) is 0 Å². The number of hydrogen-bond donors (Lipinski definition) is 1. The number of nitrogens with zero attached hydrogens (tertiary/aromatic N) is 1. The number of amides is 3. The Morgan fingerprint density at radius 1 is 0.912 bits per heavy atom. The average molecular weight is 538 g/mol. The summed E-state index contributed by atoms with van der Waals surface area (Å²) in [6.45, 7) is 0.179. The maximum Gasteiger partial charge on any atom is 0.333 e. The Balaban J connectivity index is 1.57. The summed E-state index contributed by atoms with van der Waals surface area (Å²) >= 11 is 24.3. The van der Waals surface area contributed by atoms with Crippen LogP contribution in [0.15, 0.2) is 60.3 Å². The second-order valence-electron chi connectivity index (χ2n) is 7.18. The van der Waals surface area contributed by atoms with Gasteiger partial charge in [-0.1, -0.05) is 52.5 Å². The second kappa shape index (κ2) is 10.2. The predicted octanol–water partition coefficient (Wildman–Crippen LogP) is 6.99. The van der Waals surface area contributed by atoms with Crippen LogP contribution in [0.5, 0.6) is 11.5 Å². The van der Waals surface area contributed by atoms with Crippen LogP contribution in [0.3, 0.4) is 0 Å². The number of nitrogens with one attached hydrogen (secondary N) is 1. The third-order valence-corrected chi connectivity index (χ3v) is 6.16. The molecular weight excluding hydrogens is 522 g/mol. The molecule has 1 fully saturated rings. The number of carbonyl (C=O) groups is 2. The molecule has 6 nitrogen and oxygen atoms in total. The number of halogens is 4. The van der Waals surface area contributed by atoms with E-state index in [-0.39, 0.29) is 17.3 Å². The van der Waals surface area contributed by atoms with Gasteiger partial charge in [-0.2, -0.15) is 0 Å². The van der Waals surface area contributed by atoms with Gasteiger partial charge < -0.3 is 14.8 Å². The van der Waals surface area contributed by atoms with Crippen LogP contribution >= 0.6 is 46.4 Å². The number of anilines is 1. The average Bonchev–Trinajstić information content (AvgIpc) is 3.08. The molecule has 10 heteroatoms. The zero-order chi connectivity index (χ0) is 24.4. The fraction of sp³-hybridized carbons (Fsp3) is 0.0833. The van der Waals surface area contributed by atoms with Gasteiger partial charge in [0.2, 0.25) is 0 Å². The Kier molecular flexibility index (Phi) is 7.24. The number of urea groups is 1. The standard InChI is InChI=1S/C24H16Cl4N2O4/c1-33-21-11-14(9-19(28)22(21)34-12-13-2-7-17(26)18(27)8-13)10-20-23(31)30(24(32)29-20)16-5-3-15(25)4-6-16/h2-11H,12H2,1H3,(H,29,32)/b20-10+. The van der Waals surface area contributed by atoms with Crippen molar-refractivity contribution >= 4 is 70.1 Å². The van der Waals surface area contributed by atoms with Crippen LogP contribution < -0.4 is 19.7 Å². The Bertz CT molecular complexity index is 1310. The summed E-state index contributed by atoms with van der Waals surface area (Å²) in [5.74, 6) is 0.162. The molecule has 1 heterocycles. The number of carbonyl (C=O) groups excluding carboxylic acids is 2. The number of hydrogen-bond acceptors (Lipinski definition) is 4. The minimum Gasteiger partial charge on any atom is -0.493 e. The lowest BCUT2D eigenvalue weighted by Gasteiger charge is -2.14. The fourth-order valence-electron chi connectivity index (χ4n) is 3.27. The predicted molar refractivity (Wildman–Crippen MR) is 134 cm³/mol. The summed E-state index contributed by atoms with van der Waals surface area (Å²) < 4.78 is 11.3. The van der Waals surface area contributed by atoms with E-state index in [2.05, 4.69) is 5.32 Å². The van der Waals surface area contributed by atoms with E-state index < -0.39 is 11.9 Å². The molecule has 3 amide bonds. The molecule has 3 aromatic carbocycles. The summed E-state index contributed by atoms with van der Waals surface area (Å²) in [5.41, 5.74) is 1.81. The summed E-state index contributed by atoms with van der Waals surface area (Å²) in [5, 5.41) is 4.19. The van der Waals surface area contributed by atoms with Crippen LogP contribution in [0.1, 0.15) is 11.1 Å². The van der Waals surface area contributed by atoms with Crippen molar-refractivity contribution in [1.82, 2.24) is 5.32 Å². The SMILES string of the molecule is COc1cc(/C=C2/NC(=O)N(c3ccc(Cl)cc3)C2=O)cc(Cl)c1OCc1ccc(Cl)c(Cl)c1. The van der Waals surface area contributed by atoms with Crippen LogP contribution in [0.2, 0.25) is 20.1 Å². The Morgan fingerprint density at radius 3 is 2.32 bits per heavy atom. The van der Waals surface area contributed by atoms with Crippen LogP contribution in [-0.4, -0.2) is 19.0 Å². The number of methoxy groups -OCH3 is 1. The van der Waals surface area contributed by atoms with Gasteiger partial charge in [-0.15, -0.1) is 0 Å². The van der Waals surface area contributed by atoms with Gasteiger partial charge in [-0.05, 0) is 65.7 Å². The van der Waals surface area contributed by atoms with Crippen LogP contribution in [-0.2, 0) is 11.4 Å². The van der Waals surface area contributed by atoms with E-state index in [1.54, 1.807) is 54.6 Å². The van der Waals surface area contributed by atoms with Gasteiger partial charge in [0, 0.05) is 5.02 Å². The first kappa shape index (κ1) is 24.2. The molecule has 4 rings (SSSR count). The summed E-state index contributed by atoms with van der Waals surface area (Å²) in [4.78, 5) is 26.3. The number of rotatable bonds is 6. The number of imide groups is 1. The zero-order valence-corrected chi connectivity index (χ0v) is 20.6. The maximum atomic E-state index is 12.9. The maximum absolute atomic E-state index is 12.9. The minimum absolute atomic E-state index is 0.0857. The van der Waals surface area contributed by atoms with Crippen molar-refractivity contribution in [3.63, 3.8) is 0 Å². The second-order valence-corrected chi connectivity index (χ2v) is 8.83. The molecule has 0 bridgehead atoms. The lowest BCUT2D eigenvalue weighted by Crippen LogP contribution is -2.30. The van der Waals surface area contributed by atoms with Crippen molar-refractivity contribution in [2.45, 2.75) is 6.61 Å². The highest BCUT2D eigenvalue weighted by Gasteiger charge is 2.34. The molecular formula is C24H16Cl4N2O4. The summed E-state index contributed by atoms with van der Waals surface area (Å²) in [6.07, 6.45) is 1.51. The first-order chi connectivity index (χ1) is 16.3. The van der Waals surface area contributed by atoms with E-state index >= 15 is 0 Å². The molecule has 0 aromatic heterocycles. The van der Waals surface area contributed by atoms with Crippen molar-refractivity contribution in [3.05, 3.63) is 91.5 Å². The quantitative estimate of drug-likeness (QED) is 0.272. The molecule has 1 N–H and O–H groups in total. The van der Waals surface area contributed by atoms with E-state index in [1.165, 1.54) is 13.2 Å². The highest BCUT2D eigenvalue weighted by atomic mass is 35.5. The third-order valence-electron chi connectivity index (χ3n) is 4.89. The molecule has 174 valence electrons. The highest BCUT2D eigenvalue weighted by Crippen LogP contribution is 2.38. The normalized spacial score (nSPS) is 14.5. The van der Waals surface area contributed by atoms with E-state index in [9.17, 15) is 9.59 Å². The van der Waals surface area contributed by atoms with E-state index in [0.717, 1.165) is 10.5 Å². The molecule has 0 radical (unpaired) electrons. The Hall–Kier alpha value is -2.90. The minimum atomic E-state index is -0.571. The molecule has 0 unspecified atom stereocenters. The van der Waals surface area contributed by atoms with Crippen molar-refractivity contribution in [2.24, 2.45) is 0 Å². The van der Waals surface area contributed by atoms with Crippen molar-refractivity contribution < 1.29 is 19.1 Å². The van der Waals surface area contributed by atoms with Gasteiger partial charge in [0.1, 0.15) is 12.3 Å². The van der Waals surface area contributed by atoms with Crippen LogP contribution in [0, 0.1) is 0 Å². The van der Waals surface area contributed by atoms with Gasteiger partial charge >= 0.3 is 6.03 Å². The zero-order valence-electron chi connectivity index (χ0n) is 17.6. The Labute approximate surface area is 215 Å². The lowest BCUT2D eigenvalue weighted by molar-refractivity contribution is -0.113. The van der Waals surface area contributed by atoms with Gasteiger partial charge in [-0.25, -0.2) is 9.69 Å². The van der Waals surface area contributed by atoms with Crippen LogP contribution in [0.25, 0.3) is 6.08 Å². The lowest BCUT2D eigenvalue weighted by atomic mass is 10.1. The topological polar surface area (TPSA) is 67.9 Å². The van der Waals surface area contributed by atoms with Gasteiger partial charge in [-0.3, -0.25) is 4.79 Å². The molecule has 0 saturated carbocycles. The van der Waals surface area contributed by atoms with E-state index in [0.29, 0.717) is 37.8 Å². The monoisotopic (exact) mass is 536 g/mol. The first-order valence-electron chi connectivity index (χ1n) is 9.84. The largest absolute Gasteiger partial charge is 0.493 e. The van der Waals surface area contributed by atoms with Gasteiger partial charge in [0.25, 0.3) is 5.91 Å². The Morgan fingerprint density at radius 2 is 1.65 bits per heavy atom. The van der Waals surface area contributed by atoms with Gasteiger partial charge in [0.15, 0.2) is 11.5 Å². The summed E-state index contributed by atoms with van der Waals surface area (Å²) in [6, 6.07) is 14.2. The van der Waals surface area contributed by atoms with Crippen molar-refractivity contribution in [2.75, 3.05) is 12.0 Å².